The highest BCUT2D eigenvalue weighted by atomic mass is 16.2. The Hall–Kier alpha value is -1.64. The van der Waals surface area contributed by atoms with Crippen molar-refractivity contribution in [2.45, 2.75) is 39.0 Å². The van der Waals surface area contributed by atoms with Crippen LogP contribution in [0.3, 0.4) is 0 Å². The Labute approximate surface area is 108 Å². The highest BCUT2D eigenvalue weighted by Gasteiger charge is 2.26. The average molecular weight is 245 g/mol. The Bertz CT molecular complexity index is 454. The number of fused-ring (bicyclic) bond motifs is 1. The van der Waals surface area contributed by atoms with Gasteiger partial charge in [0.25, 0.3) is 0 Å². The van der Waals surface area contributed by atoms with E-state index in [1.807, 2.05) is 24.3 Å². The molecule has 0 saturated heterocycles. The highest BCUT2D eigenvalue weighted by molar-refractivity contribution is 6.08. The van der Waals surface area contributed by atoms with Crippen LogP contribution >= 0.6 is 0 Å². The van der Waals surface area contributed by atoms with Crippen molar-refractivity contribution in [3.05, 3.63) is 29.8 Å². The van der Waals surface area contributed by atoms with E-state index in [9.17, 15) is 9.59 Å². The predicted molar refractivity (Wildman–Crippen MR) is 71.9 cm³/mol. The number of Topliss-reactive ketones (excluding diaryl/α,β-unsaturated/α-hetero) is 1. The monoisotopic (exact) mass is 245 g/mol. The van der Waals surface area contributed by atoms with E-state index in [2.05, 4.69) is 6.92 Å². The molecule has 0 spiro atoms. The van der Waals surface area contributed by atoms with Gasteiger partial charge in [-0.15, -0.1) is 0 Å². The number of unbranched alkanes of at least 4 members (excludes halogenated alkanes) is 2. The van der Waals surface area contributed by atoms with Crippen LogP contribution in [0.5, 0.6) is 0 Å². The second kappa shape index (κ2) is 5.80. The normalized spacial score (nSPS) is 14.5. The molecule has 18 heavy (non-hydrogen) atoms. The van der Waals surface area contributed by atoms with Gasteiger partial charge in [0.2, 0.25) is 5.91 Å². The van der Waals surface area contributed by atoms with E-state index in [1.165, 1.54) is 0 Å². The minimum absolute atomic E-state index is 0.142. The molecule has 0 saturated carbocycles. The summed E-state index contributed by atoms with van der Waals surface area (Å²) in [4.78, 5) is 25.7. The summed E-state index contributed by atoms with van der Waals surface area (Å²) in [6.07, 6.45) is 4.15. The molecular weight excluding hydrogens is 226 g/mol. The summed E-state index contributed by atoms with van der Waals surface area (Å²) in [6.45, 7) is 2.65. The van der Waals surface area contributed by atoms with Gasteiger partial charge in [-0.3, -0.25) is 9.59 Å². The van der Waals surface area contributed by atoms with Gasteiger partial charge in [-0.1, -0.05) is 31.9 Å². The Balaban J connectivity index is 2.13. The van der Waals surface area contributed by atoms with Crippen molar-refractivity contribution in [1.82, 2.24) is 0 Å². The number of para-hydroxylation sites is 1. The molecule has 0 bridgehead atoms. The van der Waals surface area contributed by atoms with E-state index >= 15 is 0 Å². The number of hydrogen-bond donors (Lipinski definition) is 0. The number of benzene rings is 1. The van der Waals surface area contributed by atoms with Crippen molar-refractivity contribution >= 4 is 17.4 Å². The summed E-state index contributed by atoms with van der Waals surface area (Å²) in [6, 6.07) is 7.40. The summed E-state index contributed by atoms with van der Waals surface area (Å²) in [5.41, 5.74) is 1.47. The molecule has 0 aromatic heterocycles. The molecule has 1 aliphatic rings. The number of ketones is 1. The number of carbonyl (C=O) groups excluding carboxylic acids is 2. The third kappa shape index (κ3) is 2.61. The molecule has 1 aromatic rings. The third-order valence-corrected chi connectivity index (χ3v) is 3.35. The topological polar surface area (TPSA) is 37.4 Å². The predicted octanol–water partition coefficient (Wildman–Crippen LogP) is 3.19. The second-order valence-corrected chi connectivity index (χ2v) is 4.69. The molecule has 2 rings (SSSR count). The van der Waals surface area contributed by atoms with E-state index < -0.39 is 0 Å². The van der Waals surface area contributed by atoms with Gasteiger partial charge in [-0.25, -0.2) is 0 Å². The Morgan fingerprint density at radius 1 is 1.28 bits per heavy atom. The van der Waals surface area contributed by atoms with Crippen molar-refractivity contribution < 1.29 is 9.59 Å². The van der Waals surface area contributed by atoms with Crippen LogP contribution < -0.4 is 4.90 Å². The molecule has 1 aromatic carbocycles. The van der Waals surface area contributed by atoms with Crippen molar-refractivity contribution in [3.63, 3.8) is 0 Å². The third-order valence-electron chi connectivity index (χ3n) is 3.35. The maximum Gasteiger partial charge on any atom is 0.227 e. The lowest BCUT2D eigenvalue weighted by Crippen LogP contribution is -2.37. The van der Waals surface area contributed by atoms with Crippen molar-refractivity contribution in [1.29, 1.82) is 0 Å². The van der Waals surface area contributed by atoms with Crippen molar-refractivity contribution in [2.75, 3.05) is 11.4 Å². The minimum atomic E-state index is 0.142. The minimum Gasteiger partial charge on any atom is -0.311 e. The maximum atomic E-state index is 12.2. The van der Waals surface area contributed by atoms with Gasteiger partial charge in [-0.05, 0) is 18.6 Å². The molecule has 3 heteroatoms. The molecule has 1 aliphatic heterocycles. The average Bonchev–Trinajstić information content (AvgIpc) is 2.39. The van der Waals surface area contributed by atoms with Gasteiger partial charge in [0.05, 0.1) is 5.69 Å². The smallest absolute Gasteiger partial charge is 0.227 e. The lowest BCUT2D eigenvalue weighted by molar-refractivity contribution is -0.118. The van der Waals surface area contributed by atoms with E-state index in [4.69, 9.17) is 0 Å². The molecular formula is C15H19NO2. The Morgan fingerprint density at radius 2 is 2.06 bits per heavy atom. The van der Waals surface area contributed by atoms with Crippen LogP contribution in [0.4, 0.5) is 5.69 Å². The first-order valence-electron chi connectivity index (χ1n) is 6.66. The summed E-state index contributed by atoms with van der Waals surface area (Å²) >= 11 is 0. The second-order valence-electron chi connectivity index (χ2n) is 4.69. The van der Waals surface area contributed by atoms with Crippen LogP contribution in [-0.4, -0.2) is 18.2 Å². The van der Waals surface area contributed by atoms with Gasteiger partial charge in [0.1, 0.15) is 0 Å². The molecule has 0 aliphatic carbocycles. The van der Waals surface area contributed by atoms with Crippen LogP contribution in [-0.2, 0) is 4.79 Å². The first-order chi connectivity index (χ1) is 8.74. The number of nitrogens with zero attached hydrogens (tertiary/aromatic N) is 1. The Morgan fingerprint density at radius 3 is 2.83 bits per heavy atom. The van der Waals surface area contributed by atoms with Gasteiger partial charge in [0, 0.05) is 24.9 Å². The van der Waals surface area contributed by atoms with E-state index in [-0.39, 0.29) is 11.7 Å². The zero-order valence-corrected chi connectivity index (χ0v) is 10.8. The van der Waals surface area contributed by atoms with Gasteiger partial charge >= 0.3 is 0 Å². The number of amides is 1. The van der Waals surface area contributed by atoms with E-state index in [1.54, 1.807) is 4.90 Å². The molecule has 1 amide bonds. The molecule has 1 heterocycles. The van der Waals surface area contributed by atoms with Crippen LogP contribution in [0.2, 0.25) is 0 Å². The number of anilines is 1. The number of hydrogen-bond acceptors (Lipinski definition) is 2. The van der Waals surface area contributed by atoms with Crippen LogP contribution in [0.1, 0.15) is 49.4 Å². The van der Waals surface area contributed by atoms with Crippen LogP contribution in [0.25, 0.3) is 0 Å². The van der Waals surface area contributed by atoms with E-state index in [0.29, 0.717) is 24.9 Å². The largest absolute Gasteiger partial charge is 0.311 e. The van der Waals surface area contributed by atoms with Crippen LogP contribution in [0.15, 0.2) is 24.3 Å². The molecule has 0 radical (unpaired) electrons. The van der Waals surface area contributed by atoms with Crippen LogP contribution in [0, 0.1) is 0 Å². The zero-order chi connectivity index (χ0) is 13.0. The lowest BCUT2D eigenvalue weighted by atomic mass is 10.00. The zero-order valence-electron chi connectivity index (χ0n) is 10.8. The van der Waals surface area contributed by atoms with E-state index in [0.717, 1.165) is 24.9 Å². The Kier molecular flexibility index (Phi) is 4.13. The SMILES string of the molecule is CCCCCC(=O)N1CCC(=O)c2ccccc21. The summed E-state index contributed by atoms with van der Waals surface area (Å²) in [5.74, 6) is 0.284. The quantitative estimate of drug-likeness (QED) is 0.764. The summed E-state index contributed by atoms with van der Waals surface area (Å²) in [5, 5.41) is 0. The van der Waals surface area contributed by atoms with Gasteiger partial charge in [0.15, 0.2) is 5.78 Å². The molecule has 0 N–H and O–H groups in total. The molecule has 0 fully saturated rings. The fraction of sp³-hybridized carbons (Fsp3) is 0.467. The molecule has 0 unspecified atom stereocenters. The number of rotatable bonds is 4. The molecule has 3 nitrogen and oxygen atoms in total. The maximum absolute atomic E-state index is 12.2. The summed E-state index contributed by atoms with van der Waals surface area (Å²) < 4.78 is 0. The first kappa shape index (κ1) is 12.8. The van der Waals surface area contributed by atoms with Gasteiger partial charge < -0.3 is 4.90 Å². The lowest BCUT2D eigenvalue weighted by Gasteiger charge is -2.28. The van der Waals surface area contributed by atoms with Gasteiger partial charge in [-0.2, -0.15) is 0 Å². The fourth-order valence-corrected chi connectivity index (χ4v) is 2.33. The fourth-order valence-electron chi connectivity index (χ4n) is 2.33. The first-order valence-corrected chi connectivity index (χ1v) is 6.66. The number of carbonyl (C=O) groups is 2. The standard InChI is InChI=1S/C15H19NO2/c1-2-3-4-9-15(18)16-11-10-14(17)12-7-5-6-8-13(12)16/h5-8H,2-4,9-11H2,1H3. The molecule has 0 atom stereocenters. The van der Waals surface area contributed by atoms with Crippen molar-refractivity contribution in [3.8, 4) is 0 Å². The highest BCUT2D eigenvalue weighted by Crippen LogP contribution is 2.27. The molecule has 96 valence electrons. The summed E-state index contributed by atoms with van der Waals surface area (Å²) in [7, 11) is 0. The van der Waals surface area contributed by atoms with Crippen molar-refractivity contribution in [2.24, 2.45) is 0 Å².